The highest BCUT2D eigenvalue weighted by molar-refractivity contribution is 5.44. The molecule has 1 saturated heterocycles. The maximum absolute atomic E-state index is 13.2. The molecule has 0 saturated carbocycles. The first-order chi connectivity index (χ1) is 9.58. The summed E-state index contributed by atoms with van der Waals surface area (Å²) in [5.74, 6) is -0.534. The van der Waals surface area contributed by atoms with E-state index in [1.807, 2.05) is 0 Å². The Morgan fingerprint density at radius 1 is 1.30 bits per heavy atom. The number of rotatable bonds is 5. The molecule has 2 nitrogen and oxygen atoms in total. The quantitative estimate of drug-likeness (QED) is 0.881. The molecule has 1 aliphatic rings. The number of nitrogens with one attached hydrogen (secondary N) is 1. The number of hydrogen-bond acceptors (Lipinski definition) is 2. The molecule has 0 bridgehead atoms. The van der Waals surface area contributed by atoms with Crippen LogP contribution < -0.4 is 5.32 Å². The molecule has 2 atom stereocenters. The van der Waals surface area contributed by atoms with Crippen LogP contribution in [0.4, 0.5) is 14.5 Å². The van der Waals surface area contributed by atoms with Gasteiger partial charge in [-0.15, -0.1) is 0 Å². The molecule has 1 aromatic rings. The summed E-state index contributed by atoms with van der Waals surface area (Å²) >= 11 is 0. The number of nitrogens with zero attached hydrogens (tertiary/aromatic N) is 1. The van der Waals surface area contributed by atoms with Crippen LogP contribution in [0.5, 0.6) is 0 Å². The molecule has 20 heavy (non-hydrogen) atoms. The van der Waals surface area contributed by atoms with E-state index in [9.17, 15) is 8.78 Å². The molecular formula is C16H24F2N2. The summed E-state index contributed by atoms with van der Waals surface area (Å²) < 4.78 is 26.4. The van der Waals surface area contributed by atoms with E-state index < -0.39 is 11.6 Å². The van der Waals surface area contributed by atoms with Crippen LogP contribution in [0.1, 0.15) is 33.1 Å². The fraction of sp³-hybridized carbons (Fsp3) is 0.625. The smallest absolute Gasteiger partial charge is 0.128 e. The Morgan fingerprint density at radius 2 is 2.00 bits per heavy atom. The SMILES string of the molecule is CCCN1CCCC(C(C)Nc2cc(F)cc(F)c2)C1. The van der Waals surface area contributed by atoms with E-state index in [1.54, 1.807) is 0 Å². The average Bonchev–Trinajstić information content (AvgIpc) is 2.38. The van der Waals surface area contributed by atoms with E-state index in [1.165, 1.54) is 37.9 Å². The lowest BCUT2D eigenvalue weighted by molar-refractivity contribution is 0.165. The van der Waals surface area contributed by atoms with Crippen molar-refractivity contribution in [2.24, 2.45) is 5.92 Å². The Kier molecular flexibility index (Phi) is 5.35. The summed E-state index contributed by atoms with van der Waals surface area (Å²) in [7, 11) is 0. The highest BCUT2D eigenvalue weighted by Gasteiger charge is 2.24. The zero-order valence-corrected chi connectivity index (χ0v) is 12.3. The summed E-state index contributed by atoms with van der Waals surface area (Å²) in [5.41, 5.74) is 0.530. The second kappa shape index (κ2) is 7.02. The number of piperidine rings is 1. The minimum Gasteiger partial charge on any atom is -0.382 e. The van der Waals surface area contributed by atoms with Gasteiger partial charge in [0.2, 0.25) is 0 Å². The van der Waals surface area contributed by atoms with Crippen LogP contribution in [-0.2, 0) is 0 Å². The summed E-state index contributed by atoms with van der Waals surface area (Å²) in [6, 6.07) is 3.83. The van der Waals surface area contributed by atoms with Gasteiger partial charge in [0.15, 0.2) is 0 Å². The van der Waals surface area contributed by atoms with Crippen molar-refractivity contribution in [3.05, 3.63) is 29.8 Å². The highest BCUT2D eigenvalue weighted by Crippen LogP contribution is 2.23. The molecule has 0 aromatic heterocycles. The molecule has 2 unspecified atom stereocenters. The Bertz CT molecular complexity index is 414. The normalized spacial score (nSPS) is 21.7. The number of hydrogen-bond donors (Lipinski definition) is 1. The molecule has 0 amide bonds. The third-order valence-corrected chi connectivity index (χ3v) is 4.05. The Hall–Kier alpha value is -1.16. The predicted octanol–water partition coefficient (Wildman–Crippen LogP) is 3.89. The van der Waals surface area contributed by atoms with Gasteiger partial charge in [-0.3, -0.25) is 0 Å². The van der Waals surface area contributed by atoms with Crippen molar-refractivity contribution in [3.63, 3.8) is 0 Å². The van der Waals surface area contributed by atoms with Crippen LogP contribution in [0, 0.1) is 17.6 Å². The van der Waals surface area contributed by atoms with Gasteiger partial charge in [-0.2, -0.15) is 0 Å². The van der Waals surface area contributed by atoms with Gasteiger partial charge in [0.25, 0.3) is 0 Å². The van der Waals surface area contributed by atoms with Crippen molar-refractivity contribution in [2.45, 2.75) is 39.2 Å². The third-order valence-electron chi connectivity index (χ3n) is 4.05. The number of benzene rings is 1. The highest BCUT2D eigenvalue weighted by atomic mass is 19.1. The fourth-order valence-electron chi connectivity index (χ4n) is 3.04. The lowest BCUT2D eigenvalue weighted by Gasteiger charge is -2.36. The van der Waals surface area contributed by atoms with E-state index in [4.69, 9.17) is 0 Å². The minimum atomic E-state index is -0.532. The van der Waals surface area contributed by atoms with Crippen LogP contribution in [0.15, 0.2) is 18.2 Å². The van der Waals surface area contributed by atoms with Crippen LogP contribution in [0.3, 0.4) is 0 Å². The van der Waals surface area contributed by atoms with Crippen molar-refractivity contribution in [1.29, 1.82) is 0 Å². The Labute approximate surface area is 120 Å². The molecule has 0 radical (unpaired) electrons. The molecule has 1 N–H and O–H groups in total. The molecule has 2 rings (SSSR count). The predicted molar refractivity (Wildman–Crippen MR) is 78.9 cm³/mol. The molecule has 1 aliphatic heterocycles. The lowest BCUT2D eigenvalue weighted by atomic mass is 9.91. The van der Waals surface area contributed by atoms with Gasteiger partial charge in [-0.1, -0.05) is 6.92 Å². The molecule has 0 aliphatic carbocycles. The fourth-order valence-corrected chi connectivity index (χ4v) is 3.04. The monoisotopic (exact) mass is 282 g/mol. The van der Waals surface area contributed by atoms with Gasteiger partial charge < -0.3 is 10.2 Å². The summed E-state index contributed by atoms with van der Waals surface area (Å²) in [5, 5.41) is 3.25. The van der Waals surface area contributed by atoms with Crippen molar-refractivity contribution >= 4 is 5.69 Å². The topological polar surface area (TPSA) is 15.3 Å². The van der Waals surface area contributed by atoms with Gasteiger partial charge in [0, 0.05) is 24.3 Å². The van der Waals surface area contributed by atoms with E-state index in [2.05, 4.69) is 24.1 Å². The van der Waals surface area contributed by atoms with E-state index >= 15 is 0 Å². The van der Waals surface area contributed by atoms with Crippen LogP contribution >= 0.6 is 0 Å². The Morgan fingerprint density at radius 3 is 2.65 bits per heavy atom. The maximum atomic E-state index is 13.2. The summed E-state index contributed by atoms with van der Waals surface area (Å²) in [6.45, 7) is 7.67. The molecule has 4 heteroatoms. The van der Waals surface area contributed by atoms with Crippen molar-refractivity contribution in [1.82, 2.24) is 4.90 Å². The van der Waals surface area contributed by atoms with Crippen molar-refractivity contribution in [2.75, 3.05) is 25.0 Å². The summed E-state index contributed by atoms with van der Waals surface area (Å²) in [4.78, 5) is 2.48. The zero-order chi connectivity index (χ0) is 14.5. The van der Waals surface area contributed by atoms with Crippen molar-refractivity contribution in [3.8, 4) is 0 Å². The average molecular weight is 282 g/mol. The van der Waals surface area contributed by atoms with Gasteiger partial charge in [-0.05, 0) is 57.3 Å². The van der Waals surface area contributed by atoms with Gasteiger partial charge in [0.1, 0.15) is 11.6 Å². The van der Waals surface area contributed by atoms with E-state index in [0.29, 0.717) is 11.6 Å². The minimum absolute atomic E-state index is 0.218. The maximum Gasteiger partial charge on any atom is 0.128 e. The largest absolute Gasteiger partial charge is 0.382 e. The number of halogens is 2. The van der Waals surface area contributed by atoms with Crippen LogP contribution in [-0.4, -0.2) is 30.6 Å². The first-order valence-corrected chi connectivity index (χ1v) is 7.53. The molecule has 112 valence electrons. The lowest BCUT2D eigenvalue weighted by Crippen LogP contribution is -2.42. The first kappa shape index (κ1) is 15.2. The van der Waals surface area contributed by atoms with Crippen LogP contribution in [0.2, 0.25) is 0 Å². The van der Waals surface area contributed by atoms with Crippen LogP contribution in [0.25, 0.3) is 0 Å². The van der Waals surface area contributed by atoms with Crippen molar-refractivity contribution < 1.29 is 8.78 Å². The number of anilines is 1. The second-order valence-electron chi connectivity index (χ2n) is 5.79. The molecule has 1 fully saturated rings. The standard InChI is InChI=1S/C16H24F2N2/c1-3-6-20-7-4-5-13(11-20)12(2)19-16-9-14(17)8-15(18)10-16/h8-10,12-13,19H,3-7,11H2,1-2H3. The summed E-state index contributed by atoms with van der Waals surface area (Å²) in [6.07, 6.45) is 3.55. The van der Waals surface area contributed by atoms with Gasteiger partial charge in [0.05, 0.1) is 0 Å². The molecule has 1 aromatic carbocycles. The third kappa shape index (κ3) is 4.17. The zero-order valence-electron chi connectivity index (χ0n) is 12.3. The van der Waals surface area contributed by atoms with Gasteiger partial charge >= 0.3 is 0 Å². The number of likely N-dealkylation sites (tertiary alicyclic amines) is 1. The second-order valence-corrected chi connectivity index (χ2v) is 5.79. The molecule has 1 heterocycles. The molecule has 0 spiro atoms. The van der Waals surface area contributed by atoms with Gasteiger partial charge in [-0.25, -0.2) is 8.78 Å². The van der Waals surface area contributed by atoms with E-state index in [-0.39, 0.29) is 6.04 Å². The first-order valence-electron chi connectivity index (χ1n) is 7.53. The Balaban J connectivity index is 1.95. The van der Waals surface area contributed by atoms with E-state index in [0.717, 1.165) is 19.2 Å². The molecular weight excluding hydrogens is 258 g/mol.